The molecular formula is C21H19N3. The van der Waals surface area contributed by atoms with Gasteiger partial charge in [0, 0.05) is 24.3 Å². The van der Waals surface area contributed by atoms with E-state index in [1.165, 1.54) is 22.4 Å². The summed E-state index contributed by atoms with van der Waals surface area (Å²) < 4.78 is 2.17. The van der Waals surface area contributed by atoms with E-state index in [0.717, 1.165) is 18.6 Å². The van der Waals surface area contributed by atoms with Crippen LogP contribution in [0.25, 0.3) is 16.6 Å². The summed E-state index contributed by atoms with van der Waals surface area (Å²) >= 11 is 0. The van der Waals surface area contributed by atoms with Gasteiger partial charge in [0.05, 0.1) is 18.0 Å². The lowest BCUT2D eigenvalue weighted by atomic mass is 10.0. The van der Waals surface area contributed by atoms with Crippen molar-refractivity contribution >= 4 is 5.52 Å². The van der Waals surface area contributed by atoms with E-state index >= 15 is 0 Å². The van der Waals surface area contributed by atoms with Gasteiger partial charge in [-0.2, -0.15) is 0 Å². The summed E-state index contributed by atoms with van der Waals surface area (Å²) in [7, 11) is 0. The molecule has 24 heavy (non-hydrogen) atoms. The zero-order valence-electron chi connectivity index (χ0n) is 13.4. The minimum atomic E-state index is 0.785. The lowest BCUT2D eigenvalue weighted by molar-refractivity contribution is 0.674. The van der Waals surface area contributed by atoms with Gasteiger partial charge in [0.25, 0.3) is 0 Å². The number of rotatable bonds is 5. The number of aromatic nitrogens is 2. The zero-order valence-corrected chi connectivity index (χ0v) is 13.4. The highest BCUT2D eigenvalue weighted by atomic mass is 15.0. The van der Waals surface area contributed by atoms with Crippen molar-refractivity contribution in [2.75, 3.05) is 0 Å². The number of hydrogen-bond donors (Lipinski definition) is 1. The molecule has 2 aromatic carbocycles. The minimum absolute atomic E-state index is 0.785. The van der Waals surface area contributed by atoms with E-state index in [1.54, 1.807) is 0 Å². The molecule has 3 heteroatoms. The van der Waals surface area contributed by atoms with Crippen molar-refractivity contribution < 1.29 is 0 Å². The maximum atomic E-state index is 4.30. The fourth-order valence-electron chi connectivity index (χ4n) is 3.03. The molecule has 4 rings (SSSR count). The van der Waals surface area contributed by atoms with E-state index in [4.69, 9.17) is 0 Å². The number of hydrogen-bond acceptors (Lipinski definition) is 2. The molecule has 0 spiro atoms. The third-order valence-corrected chi connectivity index (χ3v) is 4.24. The van der Waals surface area contributed by atoms with Gasteiger partial charge in [-0.05, 0) is 17.2 Å². The van der Waals surface area contributed by atoms with Crippen LogP contribution in [-0.4, -0.2) is 9.38 Å². The first kappa shape index (κ1) is 14.7. The summed E-state index contributed by atoms with van der Waals surface area (Å²) in [6.07, 6.45) is 3.79. The van der Waals surface area contributed by atoms with Gasteiger partial charge in [0.1, 0.15) is 0 Å². The molecule has 0 saturated heterocycles. The molecule has 0 aliphatic heterocycles. The normalized spacial score (nSPS) is 11.0. The van der Waals surface area contributed by atoms with E-state index in [9.17, 15) is 0 Å². The molecule has 0 radical (unpaired) electrons. The van der Waals surface area contributed by atoms with Crippen LogP contribution in [0.3, 0.4) is 0 Å². The number of imidazole rings is 1. The standard InChI is InChI=1S/C21H19N3/c1-3-7-17(8-4-1)13-22-15-21-20(18-9-5-2-6-10-18)12-11-19-14-23-16-24(19)21/h1-12,14,16,22H,13,15H2. The van der Waals surface area contributed by atoms with Crippen molar-refractivity contribution in [2.24, 2.45) is 0 Å². The Morgan fingerprint density at radius 2 is 1.54 bits per heavy atom. The number of pyridine rings is 1. The molecule has 1 N–H and O–H groups in total. The van der Waals surface area contributed by atoms with Crippen molar-refractivity contribution in [2.45, 2.75) is 13.1 Å². The Bertz CT molecular complexity index is 927. The number of benzene rings is 2. The van der Waals surface area contributed by atoms with Gasteiger partial charge in [-0.3, -0.25) is 0 Å². The highest BCUT2D eigenvalue weighted by Gasteiger charge is 2.09. The molecule has 0 aliphatic carbocycles. The minimum Gasteiger partial charge on any atom is -0.307 e. The Labute approximate surface area is 141 Å². The Morgan fingerprint density at radius 1 is 0.792 bits per heavy atom. The van der Waals surface area contributed by atoms with Crippen LogP contribution in [0.4, 0.5) is 0 Å². The van der Waals surface area contributed by atoms with Crippen molar-refractivity contribution in [1.29, 1.82) is 0 Å². The molecule has 0 atom stereocenters. The van der Waals surface area contributed by atoms with E-state index < -0.39 is 0 Å². The second kappa shape index (κ2) is 6.69. The third-order valence-electron chi connectivity index (χ3n) is 4.24. The Hall–Kier alpha value is -2.91. The number of fused-ring (bicyclic) bond motifs is 1. The fraction of sp³-hybridized carbons (Fsp3) is 0.0952. The van der Waals surface area contributed by atoms with Crippen LogP contribution >= 0.6 is 0 Å². The predicted molar refractivity (Wildman–Crippen MR) is 97.6 cm³/mol. The van der Waals surface area contributed by atoms with Crippen LogP contribution in [0.5, 0.6) is 0 Å². The van der Waals surface area contributed by atoms with Gasteiger partial charge < -0.3 is 9.72 Å². The first-order valence-corrected chi connectivity index (χ1v) is 8.16. The summed E-state index contributed by atoms with van der Waals surface area (Å²) in [5.74, 6) is 0. The molecule has 2 aromatic heterocycles. The SMILES string of the molecule is c1ccc(CNCc2c(-c3ccccc3)ccc3cncn23)cc1. The first-order chi connectivity index (χ1) is 11.9. The van der Waals surface area contributed by atoms with Gasteiger partial charge in [0.2, 0.25) is 0 Å². The van der Waals surface area contributed by atoms with Crippen LogP contribution in [0.1, 0.15) is 11.3 Å². The molecule has 2 heterocycles. The molecule has 0 unspecified atom stereocenters. The second-order valence-electron chi connectivity index (χ2n) is 5.84. The molecule has 3 nitrogen and oxygen atoms in total. The van der Waals surface area contributed by atoms with Gasteiger partial charge in [-0.25, -0.2) is 4.98 Å². The average Bonchev–Trinajstić information content (AvgIpc) is 3.12. The zero-order chi connectivity index (χ0) is 16.2. The first-order valence-electron chi connectivity index (χ1n) is 8.16. The van der Waals surface area contributed by atoms with E-state index in [1.807, 2.05) is 24.7 Å². The third kappa shape index (κ3) is 2.94. The Kier molecular flexibility index (Phi) is 4.09. The van der Waals surface area contributed by atoms with Gasteiger partial charge >= 0.3 is 0 Å². The highest BCUT2D eigenvalue weighted by molar-refractivity contribution is 5.69. The van der Waals surface area contributed by atoms with Crippen LogP contribution in [0, 0.1) is 0 Å². The fourth-order valence-corrected chi connectivity index (χ4v) is 3.03. The van der Waals surface area contributed by atoms with Gasteiger partial charge in [-0.15, -0.1) is 0 Å². The summed E-state index contributed by atoms with van der Waals surface area (Å²) in [5.41, 5.74) is 6.10. The lowest BCUT2D eigenvalue weighted by Crippen LogP contribution is -2.16. The predicted octanol–water partition coefficient (Wildman–Crippen LogP) is 4.29. The Morgan fingerprint density at radius 3 is 2.33 bits per heavy atom. The topological polar surface area (TPSA) is 29.3 Å². The molecule has 4 aromatic rings. The van der Waals surface area contributed by atoms with Crippen LogP contribution < -0.4 is 5.32 Å². The largest absolute Gasteiger partial charge is 0.307 e. The monoisotopic (exact) mass is 313 g/mol. The average molecular weight is 313 g/mol. The van der Waals surface area contributed by atoms with Crippen molar-refractivity contribution in [1.82, 2.24) is 14.7 Å². The molecule has 118 valence electrons. The van der Waals surface area contributed by atoms with Gasteiger partial charge in [0.15, 0.2) is 0 Å². The highest BCUT2D eigenvalue weighted by Crippen LogP contribution is 2.25. The summed E-state index contributed by atoms with van der Waals surface area (Å²) in [6.45, 7) is 1.63. The second-order valence-corrected chi connectivity index (χ2v) is 5.84. The molecular weight excluding hydrogens is 294 g/mol. The number of nitrogens with zero attached hydrogens (tertiary/aromatic N) is 2. The molecule has 0 bridgehead atoms. The molecule has 0 fully saturated rings. The van der Waals surface area contributed by atoms with Crippen molar-refractivity contribution in [3.8, 4) is 11.1 Å². The summed E-state index contributed by atoms with van der Waals surface area (Å²) in [5, 5.41) is 3.56. The van der Waals surface area contributed by atoms with E-state index in [-0.39, 0.29) is 0 Å². The molecule has 0 aliphatic rings. The maximum absolute atomic E-state index is 4.30. The van der Waals surface area contributed by atoms with Crippen molar-refractivity contribution in [3.05, 3.63) is 96.6 Å². The van der Waals surface area contributed by atoms with Crippen LogP contribution in [0.15, 0.2) is 85.3 Å². The lowest BCUT2D eigenvalue weighted by Gasteiger charge is -2.14. The summed E-state index contributed by atoms with van der Waals surface area (Å²) in [6, 6.07) is 25.3. The van der Waals surface area contributed by atoms with Crippen molar-refractivity contribution in [3.63, 3.8) is 0 Å². The molecule has 0 saturated carbocycles. The maximum Gasteiger partial charge on any atom is 0.0994 e. The quantitative estimate of drug-likeness (QED) is 0.595. The van der Waals surface area contributed by atoms with E-state index in [2.05, 4.69) is 75.4 Å². The van der Waals surface area contributed by atoms with Crippen LogP contribution in [0.2, 0.25) is 0 Å². The van der Waals surface area contributed by atoms with E-state index in [0.29, 0.717) is 0 Å². The summed E-state index contributed by atoms with van der Waals surface area (Å²) in [4.78, 5) is 4.30. The smallest absolute Gasteiger partial charge is 0.0994 e. The van der Waals surface area contributed by atoms with Gasteiger partial charge in [-0.1, -0.05) is 66.7 Å². The van der Waals surface area contributed by atoms with Crippen LogP contribution in [-0.2, 0) is 13.1 Å². The number of nitrogens with one attached hydrogen (secondary N) is 1. The molecule has 0 amide bonds. The Balaban J connectivity index is 1.66.